The lowest BCUT2D eigenvalue weighted by Crippen LogP contribution is -2.34. The molecule has 0 aliphatic heterocycles. The summed E-state index contributed by atoms with van der Waals surface area (Å²) in [7, 11) is 0. The molecule has 18 heavy (non-hydrogen) atoms. The lowest BCUT2D eigenvalue weighted by molar-refractivity contribution is -0.137. The molecule has 0 aromatic heterocycles. The predicted octanol–water partition coefficient (Wildman–Crippen LogP) is 1.18. The number of carboxylic acids is 1. The van der Waals surface area contributed by atoms with E-state index in [0.29, 0.717) is 18.5 Å². The standard InChI is InChI=1S/C13H18N2O3/c1-9(8-13(17)18)15-12(16)7-4-10-2-5-11(14)6-3-10/h2-3,5-6,9H,4,7-8,14H2,1H3,(H,15,16)(H,17,18). The third-order valence-electron chi connectivity index (χ3n) is 2.51. The van der Waals surface area contributed by atoms with Gasteiger partial charge in [-0.05, 0) is 31.0 Å². The maximum absolute atomic E-state index is 11.5. The second-order valence-electron chi connectivity index (χ2n) is 4.31. The molecule has 0 saturated heterocycles. The van der Waals surface area contributed by atoms with E-state index in [1.54, 1.807) is 19.1 Å². The average molecular weight is 250 g/mol. The molecular formula is C13H18N2O3. The molecule has 5 heteroatoms. The summed E-state index contributed by atoms with van der Waals surface area (Å²) in [5.74, 6) is -1.05. The van der Waals surface area contributed by atoms with Gasteiger partial charge in [-0.3, -0.25) is 9.59 Å². The summed E-state index contributed by atoms with van der Waals surface area (Å²) >= 11 is 0. The molecule has 0 fully saturated rings. The van der Waals surface area contributed by atoms with Gasteiger partial charge in [-0.1, -0.05) is 12.1 Å². The first-order valence-corrected chi connectivity index (χ1v) is 5.83. The van der Waals surface area contributed by atoms with Gasteiger partial charge in [0.25, 0.3) is 0 Å². The molecule has 4 N–H and O–H groups in total. The molecule has 0 radical (unpaired) electrons. The Balaban J connectivity index is 2.32. The van der Waals surface area contributed by atoms with Gasteiger partial charge in [-0.2, -0.15) is 0 Å². The van der Waals surface area contributed by atoms with Crippen LogP contribution in [-0.4, -0.2) is 23.0 Å². The van der Waals surface area contributed by atoms with Gasteiger partial charge in [-0.25, -0.2) is 0 Å². The quantitative estimate of drug-likeness (QED) is 0.661. The smallest absolute Gasteiger partial charge is 0.305 e. The van der Waals surface area contributed by atoms with Gasteiger partial charge >= 0.3 is 5.97 Å². The first-order chi connectivity index (χ1) is 8.47. The van der Waals surface area contributed by atoms with Gasteiger partial charge in [-0.15, -0.1) is 0 Å². The summed E-state index contributed by atoms with van der Waals surface area (Å²) in [4.78, 5) is 22.0. The minimum absolute atomic E-state index is 0.0619. The Morgan fingerprint density at radius 1 is 1.33 bits per heavy atom. The summed E-state index contributed by atoms with van der Waals surface area (Å²) < 4.78 is 0. The van der Waals surface area contributed by atoms with E-state index in [4.69, 9.17) is 10.8 Å². The average Bonchev–Trinajstić information content (AvgIpc) is 2.27. The zero-order valence-electron chi connectivity index (χ0n) is 10.3. The molecule has 1 rings (SSSR count). The Labute approximate surface area is 106 Å². The minimum Gasteiger partial charge on any atom is -0.481 e. The molecule has 0 aliphatic rings. The molecular weight excluding hydrogens is 232 g/mol. The first kappa shape index (κ1) is 14.0. The second kappa shape index (κ2) is 6.64. The van der Waals surface area contributed by atoms with Gasteiger partial charge < -0.3 is 16.2 Å². The van der Waals surface area contributed by atoms with Crippen molar-refractivity contribution in [3.8, 4) is 0 Å². The number of carboxylic acid groups (broad SMARTS) is 1. The van der Waals surface area contributed by atoms with Crippen LogP contribution in [0.15, 0.2) is 24.3 Å². The molecule has 0 heterocycles. The van der Waals surface area contributed by atoms with Crippen molar-refractivity contribution in [1.82, 2.24) is 5.32 Å². The van der Waals surface area contributed by atoms with Gasteiger partial charge in [0.2, 0.25) is 5.91 Å². The number of benzene rings is 1. The molecule has 0 saturated carbocycles. The van der Waals surface area contributed by atoms with Gasteiger partial charge in [0.05, 0.1) is 6.42 Å². The Kier molecular flexibility index (Phi) is 5.17. The fourth-order valence-electron chi connectivity index (χ4n) is 1.60. The molecule has 1 aromatic carbocycles. The largest absolute Gasteiger partial charge is 0.481 e. The molecule has 1 unspecified atom stereocenters. The SMILES string of the molecule is CC(CC(=O)O)NC(=O)CCc1ccc(N)cc1. The Bertz CT molecular complexity index is 415. The van der Waals surface area contributed by atoms with Crippen molar-refractivity contribution in [1.29, 1.82) is 0 Å². The highest BCUT2D eigenvalue weighted by molar-refractivity contribution is 5.77. The second-order valence-corrected chi connectivity index (χ2v) is 4.31. The molecule has 1 amide bonds. The van der Waals surface area contributed by atoms with Crippen molar-refractivity contribution in [3.63, 3.8) is 0 Å². The van der Waals surface area contributed by atoms with Crippen LogP contribution in [0, 0.1) is 0 Å². The summed E-state index contributed by atoms with van der Waals surface area (Å²) in [6.07, 6.45) is 0.896. The number of amides is 1. The van der Waals surface area contributed by atoms with Crippen molar-refractivity contribution in [2.45, 2.75) is 32.2 Å². The van der Waals surface area contributed by atoms with Crippen LogP contribution in [0.3, 0.4) is 0 Å². The van der Waals surface area contributed by atoms with E-state index < -0.39 is 5.97 Å². The van der Waals surface area contributed by atoms with Crippen LogP contribution < -0.4 is 11.1 Å². The van der Waals surface area contributed by atoms with Crippen LogP contribution in [0.25, 0.3) is 0 Å². The third kappa shape index (κ3) is 5.34. The van der Waals surface area contributed by atoms with Crippen LogP contribution >= 0.6 is 0 Å². The van der Waals surface area contributed by atoms with Crippen molar-refractivity contribution in [2.24, 2.45) is 0 Å². The highest BCUT2D eigenvalue weighted by atomic mass is 16.4. The van der Waals surface area contributed by atoms with E-state index in [-0.39, 0.29) is 18.4 Å². The number of hydrogen-bond acceptors (Lipinski definition) is 3. The van der Waals surface area contributed by atoms with E-state index in [2.05, 4.69) is 5.32 Å². The van der Waals surface area contributed by atoms with E-state index in [9.17, 15) is 9.59 Å². The maximum Gasteiger partial charge on any atom is 0.305 e. The van der Waals surface area contributed by atoms with E-state index in [0.717, 1.165) is 5.56 Å². The lowest BCUT2D eigenvalue weighted by atomic mass is 10.1. The highest BCUT2D eigenvalue weighted by Gasteiger charge is 2.10. The number of aryl methyl sites for hydroxylation is 1. The number of hydrogen-bond donors (Lipinski definition) is 3. The van der Waals surface area contributed by atoms with E-state index in [1.165, 1.54) is 0 Å². The first-order valence-electron chi connectivity index (χ1n) is 5.83. The number of anilines is 1. The van der Waals surface area contributed by atoms with Crippen molar-refractivity contribution < 1.29 is 14.7 Å². The number of carbonyl (C=O) groups excluding carboxylic acids is 1. The van der Waals surface area contributed by atoms with Gasteiger partial charge in [0.1, 0.15) is 0 Å². The summed E-state index contributed by atoms with van der Waals surface area (Å²) in [5, 5.41) is 11.2. The van der Waals surface area contributed by atoms with Crippen molar-refractivity contribution >= 4 is 17.6 Å². The highest BCUT2D eigenvalue weighted by Crippen LogP contribution is 2.07. The van der Waals surface area contributed by atoms with E-state index in [1.807, 2.05) is 12.1 Å². The minimum atomic E-state index is -0.915. The number of carbonyl (C=O) groups is 2. The number of rotatable bonds is 6. The summed E-state index contributed by atoms with van der Waals surface area (Å²) in [5.41, 5.74) is 7.29. The van der Waals surface area contributed by atoms with E-state index >= 15 is 0 Å². The monoisotopic (exact) mass is 250 g/mol. The van der Waals surface area contributed by atoms with Crippen LogP contribution in [0.4, 0.5) is 5.69 Å². The van der Waals surface area contributed by atoms with Crippen LogP contribution in [0.5, 0.6) is 0 Å². The Morgan fingerprint density at radius 2 is 1.94 bits per heavy atom. The molecule has 1 atom stereocenters. The number of nitrogens with one attached hydrogen (secondary N) is 1. The number of nitrogens with two attached hydrogens (primary N) is 1. The lowest BCUT2D eigenvalue weighted by Gasteiger charge is -2.11. The molecule has 0 bridgehead atoms. The summed E-state index contributed by atoms with van der Waals surface area (Å²) in [6, 6.07) is 6.99. The maximum atomic E-state index is 11.5. The molecule has 0 aliphatic carbocycles. The topological polar surface area (TPSA) is 92.4 Å². The zero-order valence-corrected chi connectivity index (χ0v) is 10.3. The van der Waals surface area contributed by atoms with Crippen molar-refractivity contribution in [2.75, 3.05) is 5.73 Å². The Morgan fingerprint density at radius 3 is 2.50 bits per heavy atom. The third-order valence-corrected chi connectivity index (χ3v) is 2.51. The van der Waals surface area contributed by atoms with Crippen LogP contribution in [0.1, 0.15) is 25.3 Å². The zero-order chi connectivity index (χ0) is 13.5. The van der Waals surface area contributed by atoms with Gasteiger partial charge in [0, 0.05) is 18.2 Å². The predicted molar refractivity (Wildman–Crippen MR) is 69.0 cm³/mol. The van der Waals surface area contributed by atoms with Crippen LogP contribution in [0.2, 0.25) is 0 Å². The molecule has 98 valence electrons. The van der Waals surface area contributed by atoms with Crippen LogP contribution in [-0.2, 0) is 16.0 Å². The molecule has 5 nitrogen and oxygen atoms in total. The number of nitrogen functional groups attached to an aromatic ring is 1. The summed E-state index contributed by atoms with van der Waals surface area (Å²) in [6.45, 7) is 1.68. The van der Waals surface area contributed by atoms with Gasteiger partial charge in [0.15, 0.2) is 0 Å². The van der Waals surface area contributed by atoms with Crippen molar-refractivity contribution in [3.05, 3.63) is 29.8 Å². The molecule has 0 spiro atoms. The fourth-order valence-corrected chi connectivity index (χ4v) is 1.60. The normalized spacial score (nSPS) is 11.8. The Hall–Kier alpha value is -2.04. The molecule has 1 aromatic rings. The fraction of sp³-hybridized carbons (Fsp3) is 0.385. The number of aliphatic carboxylic acids is 1.